The fraction of sp³-hybridized carbons (Fsp3) is 0.533. The van der Waals surface area contributed by atoms with Crippen molar-refractivity contribution in [2.75, 3.05) is 17.2 Å². The second-order valence-corrected chi connectivity index (χ2v) is 6.08. The summed E-state index contributed by atoms with van der Waals surface area (Å²) in [5.41, 5.74) is 9.28. The van der Waals surface area contributed by atoms with Gasteiger partial charge in [0.05, 0.1) is 5.69 Å². The Morgan fingerprint density at radius 3 is 2.68 bits per heavy atom. The normalized spacial score (nSPS) is 15.1. The van der Waals surface area contributed by atoms with Gasteiger partial charge in [-0.2, -0.15) is 0 Å². The largest absolute Gasteiger partial charge is 0.443 e. The lowest BCUT2D eigenvalue weighted by Crippen LogP contribution is -2.40. The van der Waals surface area contributed by atoms with E-state index >= 15 is 0 Å². The van der Waals surface area contributed by atoms with Crippen LogP contribution < -0.4 is 10.6 Å². The minimum Gasteiger partial charge on any atom is -0.443 e. The Kier molecular flexibility index (Phi) is 3.43. The average molecular weight is 262 g/mol. The summed E-state index contributed by atoms with van der Waals surface area (Å²) >= 11 is 0. The van der Waals surface area contributed by atoms with Gasteiger partial charge >= 0.3 is 6.09 Å². The van der Waals surface area contributed by atoms with Crippen LogP contribution in [0.4, 0.5) is 16.2 Å². The van der Waals surface area contributed by atoms with E-state index in [1.807, 2.05) is 39.8 Å². The van der Waals surface area contributed by atoms with Crippen molar-refractivity contribution in [2.24, 2.45) is 0 Å². The van der Waals surface area contributed by atoms with E-state index in [1.54, 1.807) is 4.90 Å². The number of hydrogen-bond donors (Lipinski definition) is 1. The second kappa shape index (κ2) is 4.76. The first-order chi connectivity index (χ1) is 8.78. The third kappa shape index (κ3) is 3.00. The molecule has 0 unspecified atom stereocenters. The summed E-state index contributed by atoms with van der Waals surface area (Å²) in [4.78, 5) is 14.0. The molecule has 0 fully saturated rings. The van der Waals surface area contributed by atoms with Gasteiger partial charge in [0.25, 0.3) is 0 Å². The number of carbonyl (C=O) groups is 1. The lowest BCUT2D eigenvalue weighted by molar-refractivity contribution is 0.0577. The fourth-order valence-electron chi connectivity index (χ4n) is 2.50. The summed E-state index contributed by atoms with van der Waals surface area (Å²) in [6.45, 7) is 8.33. The number of amides is 1. The predicted octanol–water partition coefficient (Wildman–Crippen LogP) is 3.26. The zero-order valence-corrected chi connectivity index (χ0v) is 12.1. The lowest BCUT2D eigenvalue weighted by Gasteiger charge is -2.33. The van der Waals surface area contributed by atoms with Crippen molar-refractivity contribution in [1.29, 1.82) is 0 Å². The van der Waals surface area contributed by atoms with Crippen LogP contribution in [0.2, 0.25) is 0 Å². The lowest BCUT2D eigenvalue weighted by atomic mass is 9.98. The maximum Gasteiger partial charge on any atom is 0.414 e. The number of nitrogen functional groups attached to an aromatic ring is 1. The van der Waals surface area contributed by atoms with E-state index in [-0.39, 0.29) is 6.09 Å². The van der Waals surface area contributed by atoms with Crippen LogP contribution in [0.15, 0.2) is 12.1 Å². The minimum atomic E-state index is -0.476. The average Bonchev–Trinajstić information content (AvgIpc) is 2.25. The standard InChI is InChI=1S/C15H22N2O2/c1-10-8-12(16)9-11-6-5-7-17(13(10)11)14(18)19-15(2,3)4/h8-9H,5-7,16H2,1-4H3. The van der Waals surface area contributed by atoms with Crippen LogP contribution in [0.25, 0.3) is 0 Å². The summed E-state index contributed by atoms with van der Waals surface area (Å²) in [6.07, 6.45) is 1.62. The Morgan fingerprint density at radius 1 is 1.37 bits per heavy atom. The molecule has 1 aliphatic rings. The molecule has 1 aromatic rings. The number of nitrogens with zero attached hydrogens (tertiary/aromatic N) is 1. The van der Waals surface area contributed by atoms with Gasteiger partial charge in [0, 0.05) is 12.2 Å². The molecule has 1 heterocycles. The van der Waals surface area contributed by atoms with Crippen molar-refractivity contribution < 1.29 is 9.53 Å². The van der Waals surface area contributed by atoms with E-state index < -0.39 is 5.60 Å². The molecule has 0 bridgehead atoms. The summed E-state index contributed by atoms with van der Waals surface area (Å²) < 4.78 is 5.48. The molecule has 1 aromatic carbocycles. The molecule has 0 radical (unpaired) electrons. The molecule has 104 valence electrons. The molecule has 0 saturated heterocycles. The zero-order chi connectivity index (χ0) is 14.2. The van der Waals surface area contributed by atoms with Crippen molar-refractivity contribution in [2.45, 2.75) is 46.1 Å². The molecule has 2 N–H and O–H groups in total. The van der Waals surface area contributed by atoms with Crippen LogP contribution in [0.1, 0.15) is 38.3 Å². The maximum absolute atomic E-state index is 12.3. The van der Waals surface area contributed by atoms with Crippen LogP contribution in [0, 0.1) is 6.92 Å². The van der Waals surface area contributed by atoms with Crippen molar-refractivity contribution in [3.05, 3.63) is 23.3 Å². The third-order valence-corrected chi connectivity index (χ3v) is 3.11. The van der Waals surface area contributed by atoms with Gasteiger partial charge in [-0.05, 0) is 63.8 Å². The smallest absolute Gasteiger partial charge is 0.414 e. The van der Waals surface area contributed by atoms with Gasteiger partial charge in [-0.1, -0.05) is 0 Å². The van der Waals surface area contributed by atoms with Crippen molar-refractivity contribution in [1.82, 2.24) is 0 Å². The second-order valence-electron chi connectivity index (χ2n) is 6.08. The molecule has 4 heteroatoms. The first-order valence-electron chi connectivity index (χ1n) is 6.67. The molecular weight excluding hydrogens is 240 g/mol. The van der Waals surface area contributed by atoms with Crippen LogP contribution >= 0.6 is 0 Å². The molecular formula is C15H22N2O2. The van der Waals surface area contributed by atoms with E-state index in [4.69, 9.17) is 10.5 Å². The molecule has 1 amide bonds. The minimum absolute atomic E-state index is 0.277. The van der Waals surface area contributed by atoms with Gasteiger partial charge < -0.3 is 10.5 Å². The Morgan fingerprint density at radius 2 is 2.05 bits per heavy atom. The van der Waals surface area contributed by atoms with E-state index in [9.17, 15) is 4.79 Å². The number of fused-ring (bicyclic) bond motifs is 1. The first kappa shape index (κ1) is 13.7. The molecule has 0 spiro atoms. The van der Waals surface area contributed by atoms with Crippen molar-refractivity contribution >= 4 is 17.5 Å². The van der Waals surface area contributed by atoms with Gasteiger partial charge in [-0.25, -0.2) is 4.79 Å². The number of anilines is 2. The van der Waals surface area contributed by atoms with Gasteiger partial charge in [-0.3, -0.25) is 4.90 Å². The van der Waals surface area contributed by atoms with E-state index in [0.29, 0.717) is 6.54 Å². The van der Waals surface area contributed by atoms with Crippen molar-refractivity contribution in [3.8, 4) is 0 Å². The Hall–Kier alpha value is -1.71. The SMILES string of the molecule is Cc1cc(N)cc2c1N(C(=O)OC(C)(C)C)CCC2. The number of aryl methyl sites for hydroxylation is 2. The van der Waals surface area contributed by atoms with Gasteiger partial charge in [0.1, 0.15) is 5.60 Å². The van der Waals surface area contributed by atoms with Crippen LogP contribution in [0.5, 0.6) is 0 Å². The number of hydrogen-bond acceptors (Lipinski definition) is 3. The van der Waals surface area contributed by atoms with Crippen LogP contribution in [0.3, 0.4) is 0 Å². The fourth-order valence-corrected chi connectivity index (χ4v) is 2.50. The zero-order valence-electron chi connectivity index (χ0n) is 12.1. The highest BCUT2D eigenvalue weighted by molar-refractivity contribution is 5.91. The van der Waals surface area contributed by atoms with E-state index in [0.717, 1.165) is 35.3 Å². The molecule has 4 nitrogen and oxygen atoms in total. The summed E-state index contributed by atoms with van der Waals surface area (Å²) in [6, 6.07) is 3.86. The molecule has 0 aliphatic carbocycles. The summed E-state index contributed by atoms with van der Waals surface area (Å²) in [5.74, 6) is 0. The third-order valence-electron chi connectivity index (χ3n) is 3.11. The number of ether oxygens (including phenoxy) is 1. The van der Waals surface area contributed by atoms with Crippen LogP contribution in [-0.2, 0) is 11.2 Å². The summed E-state index contributed by atoms with van der Waals surface area (Å²) in [7, 11) is 0. The monoisotopic (exact) mass is 262 g/mol. The highest BCUT2D eigenvalue weighted by atomic mass is 16.6. The number of carbonyl (C=O) groups excluding carboxylic acids is 1. The Bertz CT molecular complexity index is 504. The van der Waals surface area contributed by atoms with Gasteiger partial charge in [0.2, 0.25) is 0 Å². The van der Waals surface area contributed by atoms with E-state index in [1.165, 1.54) is 0 Å². The van der Waals surface area contributed by atoms with Gasteiger partial charge in [-0.15, -0.1) is 0 Å². The summed E-state index contributed by atoms with van der Waals surface area (Å²) in [5, 5.41) is 0. The highest BCUT2D eigenvalue weighted by Gasteiger charge is 2.28. The molecule has 0 aromatic heterocycles. The number of rotatable bonds is 0. The Balaban J connectivity index is 2.35. The number of benzene rings is 1. The quantitative estimate of drug-likeness (QED) is 0.730. The first-order valence-corrected chi connectivity index (χ1v) is 6.67. The molecule has 1 aliphatic heterocycles. The molecule has 19 heavy (non-hydrogen) atoms. The van der Waals surface area contributed by atoms with Crippen molar-refractivity contribution in [3.63, 3.8) is 0 Å². The molecule has 0 saturated carbocycles. The highest BCUT2D eigenvalue weighted by Crippen LogP contribution is 2.33. The van der Waals surface area contributed by atoms with Crippen LogP contribution in [-0.4, -0.2) is 18.2 Å². The molecule has 0 atom stereocenters. The topological polar surface area (TPSA) is 55.6 Å². The Labute approximate surface area is 114 Å². The van der Waals surface area contributed by atoms with Gasteiger partial charge in [0.15, 0.2) is 0 Å². The number of nitrogens with two attached hydrogens (primary N) is 1. The maximum atomic E-state index is 12.3. The molecule has 2 rings (SSSR count). The predicted molar refractivity (Wildman–Crippen MR) is 77.5 cm³/mol. The van der Waals surface area contributed by atoms with E-state index in [2.05, 4.69) is 0 Å².